The average molecular weight is 422 g/mol. The number of hydrogen-bond donors (Lipinski definition) is 2. The number of aliphatic hydroxyl groups is 2. The highest BCUT2D eigenvalue weighted by atomic mass is 16.5. The van der Waals surface area contributed by atoms with E-state index in [1.165, 1.54) is 7.11 Å². The fourth-order valence-electron chi connectivity index (χ4n) is 3.56. The van der Waals surface area contributed by atoms with Gasteiger partial charge >= 0.3 is 11.9 Å². The van der Waals surface area contributed by atoms with E-state index >= 15 is 0 Å². The van der Waals surface area contributed by atoms with Crippen LogP contribution in [0.3, 0.4) is 0 Å². The predicted octanol–water partition coefficient (Wildman–Crippen LogP) is 3.27. The molecule has 6 heteroatoms. The van der Waals surface area contributed by atoms with Gasteiger partial charge in [-0.25, -0.2) is 4.79 Å². The number of carbonyl (C=O) groups excluding carboxylic acids is 2. The summed E-state index contributed by atoms with van der Waals surface area (Å²) in [6, 6.07) is 20.2. The lowest BCUT2D eigenvalue weighted by Crippen LogP contribution is -2.33. The van der Waals surface area contributed by atoms with Crippen molar-refractivity contribution in [1.82, 2.24) is 0 Å². The number of aliphatic hydroxyl groups excluding tert-OH is 2. The van der Waals surface area contributed by atoms with Gasteiger partial charge < -0.3 is 19.7 Å². The maximum Gasteiger partial charge on any atom is 0.338 e. The number of rotatable bonds is 9. The summed E-state index contributed by atoms with van der Waals surface area (Å²) in [5.41, 5.74) is 2.23. The van der Waals surface area contributed by atoms with Crippen LogP contribution in [0, 0.1) is 5.92 Å². The van der Waals surface area contributed by atoms with E-state index in [4.69, 9.17) is 9.47 Å². The Kier molecular flexibility index (Phi) is 7.76. The van der Waals surface area contributed by atoms with Crippen molar-refractivity contribution in [1.29, 1.82) is 0 Å². The van der Waals surface area contributed by atoms with Crippen LogP contribution in [0.15, 0.2) is 66.7 Å². The molecule has 6 nitrogen and oxygen atoms in total. The van der Waals surface area contributed by atoms with Crippen molar-refractivity contribution in [3.05, 3.63) is 83.4 Å². The summed E-state index contributed by atoms with van der Waals surface area (Å²) < 4.78 is 10.1. The van der Waals surface area contributed by atoms with Gasteiger partial charge in [-0.15, -0.1) is 0 Å². The van der Waals surface area contributed by atoms with Gasteiger partial charge in [-0.3, -0.25) is 4.79 Å². The normalized spacial score (nSPS) is 12.9. The number of ether oxygens (including phenoxy) is 2. The van der Waals surface area contributed by atoms with Gasteiger partial charge in [0, 0.05) is 0 Å². The molecule has 0 fully saturated rings. The zero-order valence-electron chi connectivity index (χ0n) is 17.4. The quantitative estimate of drug-likeness (QED) is 0.514. The molecule has 162 valence electrons. The fourth-order valence-corrected chi connectivity index (χ4v) is 3.56. The summed E-state index contributed by atoms with van der Waals surface area (Å²) in [5.74, 6) is -2.07. The SMILES string of the molecule is COC(=O)c1ccc(CC[C@H](O)[C@H](CO)C(=O)OCc2ccccc2)c2ccccc12. The van der Waals surface area contributed by atoms with Crippen LogP contribution < -0.4 is 0 Å². The second-order valence-electron chi connectivity index (χ2n) is 7.30. The van der Waals surface area contributed by atoms with Crippen molar-refractivity contribution < 1.29 is 29.3 Å². The predicted molar refractivity (Wildman–Crippen MR) is 116 cm³/mol. The number of hydrogen-bond acceptors (Lipinski definition) is 6. The smallest absolute Gasteiger partial charge is 0.338 e. The molecule has 2 atom stereocenters. The molecule has 3 aromatic rings. The minimum Gasteiger partial charge on any atom is -0.465 e. The van der Waals surface area contributed by atoms with Crippen molar-refractivity contribution in [3.8, 4) is 0 Å². The number of fused-ring (bicyclic) bond motifs is 1. The molecule has 0 heterocycles. The molecule has 0 bridgehead atoms. The monoisotopic (exact) mass is 422 g/mol. The Morgan fingerprint density at radius 3 is 2.29 bits per heavy atom. The Bertz CT molecular complexity index is 1030. The second kappa shape index (κ2) is 10.7. The summed E-state index contributed by atoms with van der Waals surface area (Å²) in [6.07, 6.45) is -0.342. The molecular formula is C25H26O6. The molecule has 31 heavy (non-hydrogen) atoms. The van der Waals surface area contributed by atoms with Gasteiger partial charge in [0.15, 0.2) is 0 Å². The van der Waals surface area contributed by atoms with E-state index in [-0.39, 0.29) is 13.0 Å². The molecule has 0 saturated carbocycles. The van der Waals surface area contributed by atoms with E-state index in [2.05, 4.69) is 0 Å². The fraction of sp³-hybridized carbons (Fsp3) is 0.280. The average Bonchev–Trinajstić information content (AvgIpc) is 2.81. The van der Waals surface area contributed by atoms with Crippen molar-refractivity contribution >= 4 is 22.7 Å². The standard InChI is InChI=1S/C25H26O6/c1-30-24(28)21-13-11-18(19-9-5-6-10-20(19)21)12-14-23(27)22(15-26)25(29)31-16-17-7-3-2-4-8-17/h2-11,13,22-23,26-27H,12,14-16H2,1H3/t22-,23-/m0/s1. The molecule has 0 spiro atoms. The molecule has 0 saturated heterocycles. The molecular weight excluding hydrogens is 396 g/mol. The Morgan fingerprint density at radius 2 is 1.61 bits per heavy atom. The number of methoxy groups -OCH3 is 1. The van der Waals surface area contributed by atoms with Gasteiger partial charge in [-0.2, -0.15) is 0 Å². The van der Waals surface area contributed by atoms with E-state index in [9.17, 15) is 19.8 Å². The van der Waals surface area contributed by atoms with Crippen molar-refractivity contribution in [2.45, 2.75) is 25.6 Å². The molecule has 0 unspecified atom stereocenters. The molecule has 0 aliphatic carbocycles. The third kappa shape index (κ3) is 5.48. The maximum absolute atomic E-state index is 12.4. The largest absolute Gasteiger partial charge is 0.465 e. The van der Waals surface area contributed by atoms with Crippen LogP contribution in [0.5, 0.6) is 0 Å². The first-order valence-corrected chi connectivity index (χ1v) is 10.1. The summed E-state index contributed by atoms with van der Waals surface area (Å²) in [7, 11) is 1.34. The van der Waals surface area contributed by atoms with E-state index < -0.39 is 30.6 Å². The van der Waals surface area contributed by atoms with Crippen LogP contribution >= 0.6 is 0 Å². The van der Waals surface area contributed by atoms with Crippen LogP contribution in [0.2, 0.25) is 0 Å². The minimum absolute atomic E-state index is 0.0858. The third-order valence-electron chi connectivity index (χ3n) is 5.32. The van der Waals surface area contributed by atoms with E-state index in [0.717, 1.165) is 21.9 Å². The van der Waals surface area contributed by atoms with Gasteiger partial charge in [0.05, 0.1) is 25.4 Å². The maximum atomic E-state index is 12.4. The first-order chi connectivity index (χ1) is 15.0. The molecule has 0 aliphatic rings. The number of carbonyl (C=O) groups is 2. The Morgan fingerprint density at radius 1 is 0.935 bits per heavy atom. The summed E-state index contributed by atoms with van der Waals surface area (Å²) >= 11 is 0. The van der Waals surface area contributed by atoms with Gasteiger partial charge in [-0.1, -0.05) is 60.7 Å². The number of benzene rings is 3. The lowest BCUT2D eigenvalue weighted by atomic mass is 9.93. The van der Waals surface area contributed by atoms with Gasteiger partial charge in [0.2, 0.25) is 0 Å². The van der Waals surface area contributed by atoms with Crippen molar-refractivity contribution in [3.63, 3.8) is 0 Å². The van der Waals surface area contributed by atoms with Gasteiger partial charge in [0.25, 0.3) is 0 Å². The van der Waals surface area contributed by atoms with Crippen LogP contribution in [-0.4, -0.2) is 42.0 Å². The van der Waals surface area contributed by atoms with E-state index in [1.54, 1.807) is 6.07 Å². The molecule has 3 rings (SSSR count). The van der Waals surface area contributed by atoms with Crippen LogP contribution in [0.25, 0.3) is 10.8 Å². The summed E-state index contributed by atoms with van der Waals surface area (Å²) in [4.78, 5) is 24.4. The second-order valence-corrected chi connectivity index (χ2v) is 7.30. The highest BCUT2D eigenvalue weighted by Gasteiger charge is 2.28. The van der Waals surface area contributed by atoms with Gasteiger partial charge in [0.1, 0.15) is 12.5 Å². The molecule has 0 aliphatic heterocycles. The zero-order chi connectivity index (χ0) is 22.2. The van der Waals surface area contributed by atoms with Crippen molar-refractivity contribution in [2.75, 3.05) is 13.7 Å². The minimum atomic E-state index is -1.06. The molecule has 0 radical (unpaired) electrons. The summed E-state index contributed by atoms with van der Waals surface area (Å²) in [6.45, 7) is -0.417. The third-order valence-corrected chi connectivity index (χ3v) is 5.32. The van der Waals surface area contributed by atoms with E-state index in [1.807, 2.05) is 60.7 Å². The topological polar surface area (TPSA) is 93.1 Å². The highest BCUT2D eigenvalue weighted by molar-refractivity contribution is 6.05. The van der Waals surface area contributed by atoms with E-state index in [0.29, 0.717) is 12.0 Å². The van der Waals surface area contributed by atoms with Gasteiger partial charge in [-0.05, 0) is 40.8 Å². The lowest BCUT2D eigenvalue weighted by Gasteiger charge is -2.20. The van der Waals surface area contributed by atoms with Crippen LogP contribution in [-0.2, 0) is 27.3 Å². The lowest BCUT2D eigenvalue weighted by molar-refractivity contribution is -0.156. The van der Waals surface area contributed by atoms with Crippen molar-refractivity contribution in [2.24, 2.45) is 5.92 Å². The first kappa shape index (κ1) is 22.5. The molecule has 0 amide bonds. The first-order valence-electron chi connectivity index (χ1n) is 10.1. The Labute approximate surface area is 181 Å². The summed E-state index contributed by atoms with van der Waals surface area (Å²) in [5, 5.41) is 21.8. The van der Waals surface area contributed by atoms with Crippen LogP contribution in [0.4, 0.5) is 0 Å². The number of esters is 2. The van der Waals surface area contributed by atoms with Crippen LogP contribution in [0.1, 0.15) is 27.9 Å². The molecule has 3 aromatic carbocycles. The Hall–Kier alpha value is -3.22. The molecule has 2 N–H and O–H groups in total. The highest BCUT2D eigenvalue weighted by Crippen LogP contribution is 2.25. The Balaban J connectivity index is 1.67. The zero-order valence-corrected chi connectivity index (χ0v) is 17.4. The number of aryl methyl sites for hydroxylation is 1. The molecule has 0 aromatic heterocycles.